The molecule has 0 spiro atoms. The summed E-state index contributed by atoms with van der Waals surface area (Å²) in [5.74, 6) is 1.58. The van der Waals surface area contributed by atoms with E-state index < -0.39 is 0 Å². The number of anilines is 1. The van der Waals surface area contributed by atoms with Gasteiger partial charge in [-0.15, -0.1) is 0 Å². The normalized spacial score (nSPS) is 10.3. The minimum Gasteiger partial charge on any atom is -0.481 e. The molecule has 21 heavy (non-hydrogen) atoms. The van der Waals surface area contributed by atoms with Gasteiger partial charge in [0.25, 0.3) is 0 Å². The van der Waals surface area contributed by atoms with E-state index in [4.69, 9.17) is 10.5 Å². The molecule has 0 saturated heterocycles. The summed E-state index contributed by atoms with van der Waals surface area (Å²) in [5.41, 5.74) is 8.41. The van der Waals surface area contributed by atoms with Crippen LogP contribution in [0.15, 0.2) is 54.7 Å². The highest BCUT2D eigenvalue weighted by molar-refractivity contribution is 5.66. The van der Waals surface area contributed by atoms with Gasteiger partial charge in [-0.05, 0) is 6.07 Å². The maximum atomic E-state index is 5.89. The third kappa shape index (κ3) is 2.81. The molecule has 104 valence electrons. The van der Waals surface area contributed by atoms with E-state index in [1.54, 1.807) is 25.4 Å². The van der Waals surface area contributed by atoms with Crippen molar-refractivity contribution < 1.29 is 4.74 Å². The van der Waals surface area contributed by atoms with Gasteiger partial charge in [-0.3, -0.25) is 0 Å². The number of nitrogens with two attached hydrogens (primary N) is 1. The first-order valence-corrected chi connectivity index (χ1v) is 6.46. The van der Waals surface area contributed by atoms with Crippen molar-refractivity contribution in [1.82, 2.24) is 15.0 Å². The van der Waals surface area contributed by atoms with Crippen LogP contribution in [0.3, 0.4) is 0 Å². The van der Waals surface area contributed by atoms with E-state index in [1.807, 2.05) is 36.4 Å². The first-order valence-electron chi connectivity index (χ1n) is 6.46. The van der Waals surface area contributed by atoms with Gasteiger partial charge in [-0.2, -0.15) is 0 Å². The molecule has 2 aromatic heterocycles. The van der Waals surface area contributed by atoms with Crippen LogP contribution in [-0.4, -0.2) is 22.1 Å². The molecule has 0 aliphatic heterocycles. The Morgan fingerprint density at radius 1 is 0.952 bits per heavy atom. The summed E-state index contributed by atoms with van der Waals surface area (Å²) in [7, 11) is 1.58. The summed E-state index contributed by atoms with van der Waals surface area (Å²) in [6.07, 6.45) is 1.70. The predicted molar refractivity (Wildman–Crippen MR) is 81.7 cm³/mol. The van der Waals surface area contributed by atoms with Crippen molar-refractivity contribution in [3.8, 4) is 28.5 Å². The molecule has 2 heterocycles. The van der Waals surface area contributed by atoms with E-state index >= 15 is 0 Å². The fourth-order valence-corrected chi connectivity index (χ4v) is 1.98. The highest BCUT2D eigenvalue weighted by atomic mass is 16.5. The molecule has 0 atom stereocenters. The van der Waals surface area contributed by atoms with Crippen molar-refractivity contribution in [3.63, 3.8) is 0 Å². The third-order valence-electron chi connectivity index (χ3n) is 3.02. The molecule has 3 rings (SSSR count). The van der Waals surface area contributed by atoms with Gasteiger partial charge in [-0.25, -0.2) is 15.0 Å². The average Bonchev–Trinajstić information content (AvgIpc) is 2.55. The highest BCUT2D eigenvalue weighted by Gasteiger charge is 2.07. The quantitative estimate of drug-likeness (QED) is 0.797. The number of benzene rings is 1. The van der Waals surface area contributed by atoms with Crippen molar-refractivity contribution in [3.05, 3.63) is 54.7 Å². The first-order chi connectivity index (χ1) is 10.3. The Kier molecular flexibility index (Phi) is 3.47. The highest BCUT2D eigenvalue weighted by Crippen LogP contribution is 2.23. The number of methoxy groups -OCH3 is 1. The molecule has 0 radical (unpaired) electrons. The summed E-state index contributed by atoms with van der Waals surface area (Å²) in [6, 6.07) is 15.1. The van der Waals surface area contributed by atoms with Gasteiger partial charge in [0.2, 0.25) is 5.88 Å². The van der Waals surface area contributed by atoms with Crippen molar-refractivity contribution in [2.24, 2.45) is 0 Å². The Bertz CT molecular complexity index is 742. The fourth-order valence-electron chi connectivity index (χ4n) is 1.98. The van der Waals surface area contributed by atoms with E-state index in [9.17, 15) is 0 Å². The summed E-state index contributed by atoms with van der Waals surface area (Å²) < 4.78 is 5.05. The van der Waals surface area contributed by atoms with Gasteiger partial charge in [0.1, 0.15) is 5.82 Å². The number of pyridine rings is 1. The van der Waals surface area contributed by atoms with Crippen LogP contribution >= 0.6 is 0 Å². The van der Waals surface area contributed by atoms with Crippen molar-refractivity contribution in [1.29, 1.82) is 0 Å². The lowest BCUT2D eigenvalue weighted by Crippen LogP contribution is -1.98. The number of ether oxygens (including phenoxy) is 1. The molecule has 0 fully saturated rings. The van der Waals surface area contributed by atoms with Crippen LogP contribution in [0.2, 0.25) is 0 Å². The van der Waals surface area contributed by atoms with Crippen LogP contribution in [0.1, 0.15) is 0 Å². The summed E-state index contributed by atoms with van der Waals surface area (Å²) >= 11 is 0. The van der Waals surface area contributed by atoms with Crippen molar-refractivity contribution in [2.75, 3.05) is 12.8 Å². The van der Waals surface area contributed by atoms with Gasteiger partial charge < -0.3 is 10.5 Å². The molecule has 0 amide bonds. The van der Waals surface area contributed by atoms with Crippen LogP contribution in [0.5, 0.6) is 5.88 Å². The van der Waals surface area contributed by atoms with Crippen molar-refractivity contribution >= 4 is 5.82 Å². The average molecular weight is 278 g/mol. The zero-order chi connectivity index (χ0) is 14.7. The molecule has 5 heteroatoms. The molecular weight excluding hydrogens is 264 g/mol. The van der Waals surface area contributed by atoms with Crippen LogP contribution in [-0.2, 0) is 0 Å². The zero-order valence-corrected chi connectivity index (χ0v) is 11.5. The van der Waals surface area contributed by atoms with E-state index in [1.165, 1.54) is 0 Å². The van der Waals surface area contributed by atoms with Gasteiger partial charge in [0.15, 0.2) is 5.82 Å². The Balaban J connectivity index is 2.05. The number of aromatic nitrogens is 3. The first kappa shape index (κ1) is 13.1. The molecule has 3 aromatic rings. The van der Waals surface area contributed by atoms with Crippen LogP contribution in [0.4, 0.5) is 5.82 Å². The molecule has 0 bridgehead atoms. The van der Waals surface area contributed by atoms with Crippen LogP contribution in [0, 0.1) is 0 Å². The van der Waals surface area contributed by atoms with Crippen LogP contribution in [0.25, 0.3) is 22.6 Å². The van der Waals surface area contributed by atoms with Crippen LogP contribution < -0.4 is 10.5 Å². The smallest absolute Gasteiger partial charge is 0.212 e. The lowest BCUT2D eigenvalue weighted by molar-refractivity contribution is 0.398. The summed E-state index contributed by atoms with van der Waals surface area (Å²) in [6.45, 7) is 0. The fraction of sp³-hybridized carbons (Fsp3) is 0.0625. The Hall–Kier alpha value is -2.95. The summed E-state index contributed by atoms with van der Waals surface area (Å²) in [4.78, 5) is 13.0. The molecule has 1 aromatic carbocycles. The molecule has 5 nitrogen and oxygen atoms in total. The maximum absolute atomic E-state index is 5.89. The van der Waals surface area contributed by atoms with Gasteiger partial charge in [-0.1, -0.05) is 30.3 Å². The van der Waals surface area contributed by atoms with Crippen molar-refractivity contribution in [2.45, 2.75) is 0 Å². The zero-order valence-electron chi connectivity index (χ0n) is 11.5. The van der Waals surface area contributed by atoms with E-state index in [2.05, 4.69) is 15.0 Å². The van der Waals surface area contributed by atoms with Gasteiger partial charge in [0, 0.05) is 29.5 Å². The Morgan fingerprint density at radius 2 is 1.76 bits per heavy atom. The number of hydrogen-bond donors (Lipinski definition) is 1. The predicted octanol–water partition coefficient (Wildman–Crippen LogP) is 2.80. The molecule has 0 aliphatic rings. The maximum Gasteiger partial charge on any atom is 0.212 e. The van der Waals surface area contributed by atoms with E-state index in [0.717, 1.165) is 16.8 Å². The van der Waals surface area contributed by atoms with Gasteiger partial charge >= 0.3 is 0 Å². The van der Waals surface area contributed by atoms with E-state index in [-0.39, 0.29) is 0 Å². The number of nitrogens with zero attached hydrogens (tertiary/aromatic N) is 3. The molecule has 0 saturated carbocycles. The second kappa shape index (κ2) is 5.58. The molecule has 2 N–H and O–H groups in total. The van der Waals surface area contributed by atoms with Gasteiger partial charge in [0.05, 0.1) is 12.8 Å². The Labute approximate surface area is 122 Å². The standard InChI is InChI=1S/C16H14N4O/c1-21-15-8-7-12(10-18-15)13-9-14(17)20-16(19-13)11-5-3-2-4-6-11/h2-10H,1H3,(H2,17,19,20). The lowest BCUT2D eigenvalue weighted by Gasteiger charge is -2.06. The third-order valence-corrected chi connectivity index (χ3v) is 3.02. The second-order valence-electron chi connectivity index (χ2n) is 4.46. The second-order valence-corrected chi connectivity index (χ2v) is 4.46. The molecule has 0 aliphatic carbocycles. The monoisotopic (exact) mass is 278 g/mol. The number of nitrogen functional groups attached to an aromatic ring is 1. The number of hydrogen-bond acceptors (Lipinski definition) is 5. The minimum absolute atomic E-state index is 0.426. The largest absolute Gasteiger partial charge is 0.481 e. The molecular formula is C16H14N4O. The summed E-state index contributed by atoms with van der Waals surface area (Å²) in [5, 5.41) is 0. The minimum atomic E-state index is 0.426. The Morgan fingerprint density at radius 3 is 2.43 bits per heavy atom. The van der Waals surface area contributed by atoms with E-state index in [0.29, 0.717) is 17.5 Å². The topological polar surface area (TPSA) is 73.9 Å². The lowest BCUT2D eigenvalue weighted by atomic mass is 10.1. The number of rotatable bonds is 3. The SMILES string of the molecule is COc1ccc(-c2cc(N)nc(-c3ccccc3)n2)cn1. The molecule has 0 unspecified atom stereocenters.